The topological polar surface area (TPSA) is 21.3 Å². The van der Waals surface area contributed by atoms with Crippen LogP contribution in [0.25, 0.3) is 0 Å². The Balaban J connectivity index is 2.20. The van der Waals surface area contributed by atoms with E-state index in [1.165, 1.54) is 19.2 Å². The molecule has 19 heavy (non-hydrogen) atoms. The zero-order valence-electron chi connectivity index (χ0n) is 10.8. The molecule has 4 heteroatoms. The number of hydrogen-bond acceptors (Lipinski definition) is 2. The number of methoxy groups -OCH3 is 1. The third-order valence-electron chi connectivity index (χ3n) is 2.92. The molecule has 2 aromatic carbocycles. The fourth-order valence-electron chi connectivity index (χ4n) is 1.84. The van der Waals surface area contributed by atoms with Gasteiger partial charge >= 0.3 is 0 Å². The predicted octanol–water partition coefficient (Wildman–Crippen LogP) is 4.15. The number of ether oxygens (including phenoxy) is 1. The molecule has 0 bridgehead atoms. The van der Waals surface area contributed by atoms with Crippen molar-refractivity contribution in [3.05, 3.63) is 59.7 Å². The molecule has 1 atom stereocenters. The summed E-state index contributed by atoms with van der Waals surface area (Å²) in [4.78, 5) is 0. The molecule has 0 aliphatic carbocycles. The molecule has 0 amide bonds. The van der Waals surface area contributed by atoms with Crippen LogP contribution in [0, 0.1) is 11.6 Å². The molecule has 0 radical (unpaired) electrons. The third kappa shape index (κ3) is 3.02. The third-order valence-corrected chi connectivity index (χ3v) is 2.92. The maximum absolute atomic E-state index is 13.5. The van der Waals surface area contributed by atoms with Crippen LogP contribution in [-0.4, -0.2) is 7.11 Å². The second-order valence-electron chi connectivity index (χ2n) is 4.24. The van der Waals surface area contributed by atoms with Crippen LogP contribution in [0.15, 0.2) is 42.5 Å². The predicted molar refractivity (Wildman–Crippen MR) is 71.4 cm³/mol. The summed E-state index contributed by atoms with van der Waals surface area (Å²) in [7, 11) is 1.41. The van der Waals surface area contributed by atoms with Crippen molar-refractivity contribution in [3.63, 3.8) is 0 Å². The second kappa shape index (κ2) is 5.69. The number of rotatable bonds is 4. The number of halogens is 2. The first-order chi connectivity index (χ1) is 9.11. The molecule has 0 saturated heterocycles. The van der Waals surface area contributed by atoms with E-state index in [1.54, 1.807) is 30.3 Å². The first-order valence-electron chi connectivity index (χ1n) is 5.96. The van der Waals surface area contributed by atoms with Gasteiger partial charge in [-0.3, -0.25) is 0 Å². The maximum Gasteiger partial charge on any atom is 0.165 e. The first kappa shape index (κ1) is 13.3. The van der Waals surface area contributed by atoms with Crippen molar-refractivity contribution < 1.29 is 13.5 Å². The largest absolute Gasteiger partial charge is 0.494 e. The molecule has 0 saturated carbocycles. The highest BCUT2D eigenvalue weighted by Crippen LogP contribution is 2.25. The molecule has 0 spiro atoms. The van der Waals surface area contributed by atoms with Gasteiger partial charge in [0.05, 0.1) is 12.8 Å². The van der Waals surface area contributed by atoms with Crippen molar-refractivity contribution in [2.24, 2.45) is 0 Å². The minimum Gasteiger partial charge on any atom is -0.494 e. The van der Waals surface area contributed by atoms with Gasteiger partial charge in [-0.05, 0) is 36.8 Å². The average molecular weight is 263 g/mol. The van der Waals surface area contributed by atoms with E-state index in [1.807, 2.05) is 6.92 Å². The summed E-state index contributed by atoms with van der Waals surface area (Å²) < 4.78 is 31.8. The van der Waals surface area contributed by atoms with Crippen molar-refractivity contribution in [1.82, 2.24) is 0 Å². The van der Waals surface area contributed by atoms with E-state index >= 15 is 0 Å². The van der Waals surface area contributed by atoms with Crippen molar-refractivity contribution in [2.75, 3.05) is 12.4 Å². The van der Waals surface area contributed by atoms with Gasteiger partial charge in [-0.1, -0.05) is 18.2 Å². The number of benzene rings is 2. The van der Waals surface area contributed by atoms with Crippen molar-refractivity contribution in [1.29, 1.82) is 0 Å². The highest BCUT2D eigenvalue weighted by molar-refractivity contribution is 5.47. The summed E-state index contributed by atoms with van der Waals surface area (Å²) in [6.07, 6.45) is 0. The Morgan fingerprint density at radius 1 is 1.05 bits per heavy atom. The molecular weight excluding hydrogens is 248 g/mol. The van der Waals surface area contributed by atoms with Crippen LogP contribution in [0.5, 0.6) is 5.75 Å². The number of hydrogen-bond donors (Lipinski definition) is 1. The second-order valence-corrected chi connectivity index (χ2v) is 4.24. The molecule has 0 heterocycles. The summed E-state index contributed by atoms with van der Waals surface area (Å²) in [6, 6.07) is 10.9. The lowest BCUT2D eigenvalue weighted by atomic mass is 10.1. The van der Waals surface area contributed by atoms with E-state index in [0.29, 0.717) is 5.69 Å². The standard InChI is InChI=1S/C15H15F2NO/c1-10(18-14-6-4-3-5-12(14)16)11-7-8-13(17)15(9-11)19-2/h3-10,18H,1-2H3. The van der Waals surface area contributed by atoms with Crippen LogP contribution in [0.1, 0.15) is 18.5 Å². The normalized spacial score (nSPS) is 12.0. The lowest BCUT2D eigenvalue weighted by Crippen LogP contribution is -2.08. The molecule has 0 aliphatic heterocycles. The van der Waals surface area contributed by atoms with Gasteiger partial charge in [0.15, 0.2) is 11.6 Å². The molecule has 1 unspecified atom stereocenters. The number of anilines is 1. The highest BCUT2D eigenvalue weighted by atomic mass is 19.1. The van der Waals surface area contributed by atoms with Crippen LogP contribution in [0.4, 0.5) is 14.5 Å². The molecule has 0 aromatic heterocycles. The molecule has 2 nitrogen and oxygen atoms in total. The molecule has 1 N–H and O–H groups in total. The summed E-state index contributed by atoms with van der Waals surface area (Å²) in [6.45, 7) is 1.87. The molecule has 2 aromatic rings. The van der Waals surface area contributed by atoms with E-state index in [0.717, 1.165) is 5.56 Å². The minimum atomic E-state index is -0.413. The van der Waals surface area contributed by atoms with Gasteiger partial charge in [0.25, 0.3) is 0 Å². The lowest BCUT2D eigenvalue weighted by Gasteiger charge is -2.17. The van der Waals surface area contributed by atoms with Crippen molar-refractivity contribution in [3.8, 4) is 5.75 Å². The Morgan fingerprint density at radius 3 is 2.47 bits per heavy atom. The summed E-state index contributed by atoms with van der Waals surface area (Å²) in [5.41, 5.74) is 1.24. The van der Waals surface area contributed by atoms with Crippen LogP contribution in [0.3, 0.4) is 0 Å². The molecule has 2 rings (SSSR count). The number of para-hydroxylation sites is 1. The fraction of sp³-hybridized carbons (Fsp3) is 0.200. The summed E-state index contributed by atoms with van der Waals surface area (Å²) >= 11 is 0. The SMILES string of the molecule is COc1cc(C(C)Nc2ccccc2F)ccc1F. The van der Waals surface area contributed by atoms with Gasteiger partial charge < -0.3 is 10.1 Å². The van der Waals surface area contributed by atoms with E-state index in [2.05, 4.69) is 5.32 Å². The van der Waals surface area contributed by atoms with Gasteiger partial charge in [0.1, 0.15) is 5.82 Å². The van der Waals surface area contributed by atoms with Gasteiger partial charge in [-0.2, -0.15) is 0 Å². The Labute approximate surface area is 111 Å². The Bertz CT molecular complexity index is 572. The van der Waals surface area contributed by atoms with Crippen LogP contribution < -0.4 is 10.1 Å². The van der Waals surface area contributed by atoms with Gasteiger partial charge in [0.2, 0.25) is 0 Å². The Kier molecular flexibility index (Phi) is 4.00. The van der Waals surface area contributed by atoms with Crippen LogP contribution in [0.2, 0.25) is 0 Å². The number of nitrogens with one attached hydrogen (secondary N) is 1. The first-order valence-corrected chi connectivity index (χ1v) is 5.96. The monoisotopic (exact) mass is 263 g/mol. The Morgan fingerprint density at radius 2 is 1.79 bits per heavy atom. The average Bonchev–Trinajstić information content (AvgIpc) is 2.42. The molecule has 0 aliphatic rings. The van der Waals surface area contributed by atoms with Crippen molar-refractivity contribution >= 4 is 5.69 Å². The minimum absolute atomic E-state index is 0.161. The zero-order valence-corrected chi connectivity index (χ0v) is 10.8. The molecule has 100 valence electrons. The van der Waals surface area contributed by atoms with Crippen LogP contribution >= 0.6 is 0 Å². The lowest BCUT2D eigenvalue weighted by molar-refractivity contribution is 0.385. The Hall–Kier alpha value is -2.10. The van der Waals surface area contributed by atoms with E-state index in [9.17, 15) is 8.78 Å². The maximum atomic E-state index is 13.5. The van der Waals surface area contributed by atoms with Crippen molar-refractivity contribution in [2.45, 2.75) is 13.0 Å². The van der Waals surface area contributed by atoms with E-state index < -0.39 is 5.82 Å². The smallest absolute Gasteiger partial charge is 0.165 e. The van der Waals surface area contributed by atoms with E-state index in [4.69, 9.17) is 4.74 Å². The van der Waals surface area contributed by atoms with Crippen LogP contribution in [-0.2, 0) is 0 Å². The summed E-state index contributed by atoms with van der Waals surface area (Å²) in [5.74, 6) is -0.549. The molecule has 0 fully saturated rings. The van der Waals surface area contributed by atoms with E-state index in [-0.39, 0.29) is 17.6 Å². The van der Waals surface area contributed by atoms with Gasteiger partial charge in [-0.15, -0.1) is 0 Å². The van der Waals surface area contributed by atoms with Gasteiger partial charge in [-0.25, -0.2) is 8.78 Å². The zero-order chi connectivity index (χ0) is 13.8. The highest BCUT2D eigenvalue weighted by Gasteiger charge is 2.11. The molecular formula is C15H15F2NO. The quantitative estimate of drug-likeness (QED) is 0.894. The summed E-state index contributed by atoms with van der Waals surface area (Å²) in [5, 5.41) is 3.04. The fourth-order valence-corrected chi connectivity index (χ4v) is 1.84. The van der Waals surface area contributed by atoms with Gasteiger partial charge in [0, 0.05) is 6.04 Å².